The molecule has 0 unspecified atom stereocenters. The molecule has 17 heavy (non-hydrogen) atoms. The maximum Gasteiger partial charge on any atom is 0.334 e. The third-order valence-corrected chi connectivity index (χ3v) is 2.13. The van der Waals surface area contributed by atoms with E-state index in [9.17, 15) is 9.59 Å². The summed E-state index contributed by atoms with van der Waals surface area (Å²) in [6.07, 6.45) is 0.855. The molecule has 0 saturated carbocycles. The minimum absolute atomic E-state index is 0.370. The van der Waals surface area contributed by atoms with Gasteiger partial charge in [0.05, 0.1) is 0 Å². The molecule has 1 aromatic carbocycles. The number of rotatable bonds is 7. The van der Waals surface area contributed by atoms with E-state index < -0.39 is 12.0 Å². The van der Waals surface area contributed by atoms with Crippen LogP contribution in [0.1, 0.15) is 6.42 Å². The summed E-state index contributed by atoms with van der Waals surface area (Å²) in [6, 6.07) is 8.01. The fourth-order valence-corrected chi connectivity index (χ4v) is 1.26. The summed E-state index contributed by atoms with van der Waals surface area (Å²) in [5, 5.41) is 2.40. The Morgan fingerprint density at radius 3 is 2.71 bits per heavy atom. The van der Waals surface area contributed by atoms with E-state index in [1.54, 1.807) is 24.3 Å². The molecule has 1 N–H and O–H groups in total. The number of hydrogen-bond acceptors (Lipinski definition) is 4. The molecule has 0 saturated heterocycles. The smallest absolute Gasteiger partial charge is 0.334 e. The van der Waals surface area contributed by atoms with Crippen LogP contribution in [0.3, 0.4) is 0 Å². The predicted octanol–water partition coefficient (Wildman–Crippen LogP) is 0.743. The van der Waals surface area contributed by atoms with Gasteiger partial charge in [0, 0.05) is 20.1 Å². The second-order valence-corrected chi connectivity index (χ2v) is 3.35. The van der Waals surface area contributed by atoms with Gasteiger partial charge < -0.3 is 14.8 Å². The second kappa shape index (κ2) is 7.40. The molecule has 0 aliphatic carbocycles. The molecule has 5 nitrogen and oxygen atoms in total. The van der Waals surface area contributed by atoms with E-state index in [-0.39, 0.29) is 0 Å². The summed E-state index contributed by atoms with van der Waals surface area (Å²) >= 11 is 0. The van der Waals surface area contributed by atoms with Crippen molar-refractivity contribution in [3.05, 3.63) is 30.3 Å². The highest BCUT2D eigenvalue weighted by molar-refractivity contribution is 5.80. The van der Waals surface area contributed by atoms with Crippen molar-refractivity contribution in [2.75, 3.05) is 13.7 Å². The van der Waals surface area contributed by atoms with Gasteiger partial charge in [0.1, 0.15) is 11.8 Å². The number of hydrogen-bond donors (Lipinski definition) is 1. The maximum absolute atomic E-state index is 11.7. The molecule has 5 heteroatoms. The third-order valence-electron chi connectivity index (χ3n) is 2.13. The normalized spacial score (nSPS) is 11.6. The number of nitrogens with one attached hydrogen (secondary N) is 1. The number of amides is 1. The number of para-hydroxylation sites is 1. The van der Waals surface area contributed by atoms with Crippen LogP contribution in [0, 0.1) is 0 Å². The summed E-state index contributed by atoms with van der Waals surface area (Å²) in [5.41, 5.74) is 0. The van der Waals surface area contributed by atoms with Crippen molar-refractivity contribution in [3.63, 3.8) is 0 Å². The number of benzene rings is 1. The zero-order chi connectivity index (χ0) is 12.5. The van der Waals surface area contributed by atoms with E-state index in [0.29, 0.717) is 25.2 Å². The van der Waals surface area contributed by atoms with Crippen LogP contribution in [0.25, 0.3) is 0 Å². The standard InChI is InChI=1S/C12H15NO4/c1-16-8-7-11(13-9-14)12(15)17-10-5-3-2-4-6-10/h2-6,9,11H,7-8H2,1H3,(H,13,14)/t11-/m0/s1. The Balaban J connectivity index is 2.55. The first-order valence-electron chi connectivity index (χ1n) is 5.23. The second-order valence-electron chi connectivity index (χ2n) is 3.35. The number of carbonyl (C=O) groups is 2. The summed E-state index contributed by atoms with van der Waals surface area (Å²) in [4.78, 5) is 22.1. The highest BCUT2D eigenvalue weighted by Gasteiger charge is 2.19. The van der Waals surface area contributed by atoms with E-state index in [4.69, 9.17) is 9.47 Å². The van der Waals surface area contributed by atoms with Crippen LogP contribution in [-0.4, -0.2) is 32.1 Å². The first-order chi connectivity index (χ1) is 8.27. The highest BCUT2D eigenvalue weighted by atomic mass is 16.5. The van der Waals surface area contributed by atoms with Gasteiger partial charge in [0.15, 0.2) is 0 Å². The molecule has 0 bridgehead atoms. The van der Waals surface area contributed by atoms with E-state index >= 15 is 0 Å². The quantitative estimate of drug-likeness (QED) is 0.431. The summed E-state index contributed by atoms with van der Waals surface area (Å²) in [6.45, 7) is 0.370. The van der Waals surface area contributed by atoms with Crippen molar-refractivity contribution in [3.8, 4) is 5.75 Å². The van der Waals surface area contributed by atoms with E-state index in [0.717, 1.165) is 0 Å². The van der Waals surface area contributed by atoms with Crippen molar-refractivity contribution >= 4 is 12.4 Å². The predicted molar refractivity (Wildman–Crippen MR) is 61.6 cm³/mol. The average Bonchev–Trinajstić information content (AvgIpc) is 2.35. The molecule has 0 aliphatic heterocycles. The number of esters is 1. The zero-order valence-electron chi connectivity index (χ0n) is 9.59. The van der Waals surface area contributed by atoms with Gasteiger partial charge in [-0.2, -0.15) is 0 Å². The van der Waals surface area contributed by atoms with Gasteiger partial charge in [-0.25, -0.2) is 4.79 Å². The van der Waals surface area contributed by atoms with E-state index in [1.807, 2.05) is 6.07 Å². The summed E-state index contributed by atoms with van der Waals surface area (Å²) in [5.74, 6) is -0.0482. The number of ether oxygens (including phenoxy) is 2. The fourth-order valence-electron chi connectivity index (χ4n) is 1.26. The first kappa shape index (κ1) is 13.2. The van der Waals surface area contributed by atoms with Crippen molar-refractivity contribution in [1.29, 1.82) is 0 Å². The molecular weight excluding hydrogens is 222 g/mol. The van der Waals surface area contributed by atoms with Crippen molar-refractivity contribution in [1.82, 2.24) is 5.32 Å². The topological polar surface area (TPSA) is 64.6 Å². The van der Waals surface area contributed by atoms with Crippen molar-refractivity contribution in [2.45, 2.75) is 12.5 Å². The van der Waals surface area contributed by atoms with Gasteiger partial charge in [-0.15, -0.1) is 0 Å². The minimum atomic E-state index is -0.687. The van der Waals surface area contributed by atoms with Crippen LogP contribution in [0.2, 0.25) is 0 Å². The third kappa shape index (κ3) is 4.65. The zero-order valence-corrected chi connectivity index (χ0v) is 9.59. The molecule has 1 amide bonds. The van der Waals surface area contributed by atoms with Gasteiger partial charge in [-0.1, -0.05) is 18.2 Å². The largest absolute Gasteiger partial charge is 0.425 e. The Hall–Kier alpha value is -1.88. The van der Waals surface area contributed by atoms with Crippen LogP contribution in [-0.2, 0) is 14.3 Å². The Kier molecular flexibility index (Phi) is 5.74. The minimum Gasteiger partial charge on any atom is -0.425 e. The molecule has 0 radical (unpaired) electrons. The lowest BCUT2D eigenvalue weighted by molar-refractivity contribution is -0.138. The lowest BCUT2D eigenvalue weighted by Crippen LogP contribution is -2.39. The summed E-state index contributed by atoms with van der Waals surface area (Å²) < 4.78 is 9.97. The molecular formula is C12H15NO4. The molecule has 1 atom stereocenters. The first-order valence-corrected chi connectivity index (χ1v) is 5.23. The molecule has 1 rings (SSSR count). The molecule has 0 heterocycles. The SMILES string of the molecule is COCC[C@H](NC=O)C(=O)Oc1ccccc1. The summed E-state index contributed by atoms with van der Waals surface area (Å²) in [7, 11) is 1.53. The Bertz CT molecular complexity index is 353. The van der Waals surface area contributed by atoms with Gasteiger partial charge in [-0.05, 0) is 12.1 Å². The number of methoxy groups -OCH3 is 1. The molecule has 0 spiro atoms. The van der Waals surface area contributed by atoms with Crippen LogP contribution in [0.5, 0.6) is 5.75 Å². The number of carbonyl (C=O) groups excluding carboxylic acids is 2. The van der Waals surface area contributed by atoms with Gasteiger partial charge in [0.25, 0.3) is 0 Å². The van der Waals surface area contributed by atoms with Gasteiger partial charge in [-0.3, -0.25) is 4.79 Å². The van der Waals surface area contributed by atoms with Crippen LogP contribution in [0.4, 0.5) is 0 Å². The van der Waals surface area contributed by atoms with E-state index in [2.05, 4.69) is 5.32 Å². The molecule has 0 aromatic heterocycles. The molecule has 92 valence electrons. The highest BCUT2D eigenvalue weighted by Crippen LogP contribution is 2.10. The lowest BCUT2D eigenvalue weighted by atomic mass is 10.2. The van der Waals surface area contributed by atoms with Crippen LogP contribution in [0.15, 0.2) is 30.3 Å². The van der Waals surface area contributed by atoms with Gasteiger partial charge in [0.2, 0.25) is 6.41 Å². The lowest BCUT2D eigenvalue weighted by Gasteiger charge is -2.14. The molecule has 0 aliphatic rings. The van der Waals surface area contributed by atoms with Crippen molar-refractivity contribution < 1.29 is 19.1 Å². The Labute approximate surface area is 99.7 Å². The average molecular weight is 237 g/mol. The fraction of sp³-hybridized carbons (Fsp3) is 0.333. The van der Waals surface area contributed by atoms with Crippen LogP contribution >= 0.6 is 0 Å². The molecule has 1 aromatic rings. The van der Waals surface area contributed by atoms with E-state index in [1.165, 1.54) is 7.11 Å². The monoisotopic (exact) mass is 237 g/mol. The van der Waals surface area contributed by atoms with Crippen LogP contribution < -0.4 is 10.1 Å². The Morgan fingerprint density at radius 1 is 1.41 bits per heavy atom. The molecule has 0 fully saturated rings. The van der Waals surface area contributed by atoms with Crippen molar-refractivity contribution in [2.24, 2.45) is 0 Å². The Morgan fingerprint density at radius 2 is 2.12 bits per heavy atom. The maximum atomic E-state index is 11.7. The van der Waals surface area contributed by atoms with Gasteiger partial charge >= 0.3 is 5.97 Å².